The number of aromatic nitrogens is 1. The molecule has 0 aliphatic carbocycles. The van der Waals surface area contributed by atoms with E-state index in [1.54, 1.807) is 12.1 Å². The molecule has 0 unspecified atom stereocenters. The summed E-state index contributed by atoms with van der Waals surface area (Å²) in [6, 6.07) is 9.28. The van der Waals surface area contributed by atoms with Crippen molar-refractivity contribution in [2.75, 3.05) is 5.32 Å². The predicted octanol–water partition coefficient (Wildman–Crippen LogP) is 2.64. The van der Waals surface area contributed by atoms with Crippen molar-refractivity contribution in [2.24, 2.45) is 7.05 Å². The van der Waals surface area contributed by atoms with Crippen LogP contribution in [-0.2, 0) is 13.6 Å². The second-order valence-electron chi connectivity index (χ2n) is 4.25. The molecule has 0 atom stereocenters. The van der Waals surface area contributed by atoms with Gasteiger partial charge in [-0.15, -0.1) is 0 Å². The number of nitrogens with zero attached hydrogens (tertiary/aromatic N) is 1. The number of hydrogen-bond acceptors (Lipinski definition) is 2. The Morgan fingerprint density at radius 2 is 2.11 bits per heavy atom. The van der Waals surface area contributed by atoms with Crippen molar-refractivity contribution in [1.82, 2.24) is 4.57 Å². The molecule has 2 aromatic rings. The first kappa shape index (κ1) is 12.2. The number of carboxylic acid groups (broad SMARTS) is 1. The molecule has 0 aliphatic rings. The van der Waals surface area contributed by atoms with Crippen LogP contribution in [0.4, 0.5) is 5.69 Å². The minimum Gasteiger partial charge on any atom is -0.478 e. The minimum atomic E-state index is -0.894. The van der Waals surface area contributed by atoms with Crippen LogP contribution in [0.15, 0.2) is 36.5 Å². The van der Waals surface area contributed by atoms with E-state index in [0.29, 0.717) is 12.1 Å². The molecule has 4 nitrogen and oxygen atoms in total. The summed E-state index contributed by atoms with van der Waals surface area (Å²) in [7, 11) is 1.98. The fraction of sp³-hybridized carbons (Fsp3) is 0.214. The molecule has 2 N–H and O–H groups in total. The van der Waals surface area contributed by atoms with Crippen molar-refractivity contribution in [1.29, 1.82) is 0 Å². The smallest absolute Gasteiger partial charge is 0.336 e. The summed E-state index contributed by atoms with van der Waals surface area (Å²) < 4.78 is 2.03. The van der Waals surface area contributed by atoms with Crippen molar-refractivity contribution in [3.05, 3.63) is 53.3 Å². The molecule has 0 bridgehead atoms. The molecule has 1 aromatic carbocycles. The molecule has 0 saturated heterocycles. The Bertz CT molecular complexity index is 573. The molecule has 0 aliphatic heterocycles. The van der Waals surface area contributed by atoms with Crippen molar-refractivity contribution < 1.29 is 9.90 Å². The zero-order valence-corrected chi connectivity index (χ0v) is 10.5. The molecule has 0 amide bonds. The van der Waals surface area contributed by atoms with Crippen LogP contribution in [0.25, 0.3) is 0 Å². The molecule has 2 rings (SSSR count). The summed E-state index contributed by atoms with van der Waals surface area (Å²) >= 11 is 0. The third-order valence-corrected chi connectivity index (χ3v) is 3.08. The van der Waals surface area contributed by atoms with E-state index in [0.717, 1.165) is 16.9 Å². The highest BCUT2D eigenvalue weighted by molar-refractivity contribution is 5.91. The summed E-state index contributed by atoms with van der Waals surface area (Å²) in [5.41, 5.74) is 3.11. The second kappa shape index (κ2) is 4.96. The normalized spacial score (nSPS) is 10.3. The van der Waals surface area contributed by atoms with E-state index in [1.807, 2.05) is 42.9 Å². The molecular formula is C14H16N2O2. The van der Waals surface area contributed by atoms with Crippen LogP contribution in [0.3, 0.4) is 0 Å². The fourth-order valence-electron chi connectivity index (χ4n) is 1.92. The zero-order valence-electron chi connectivity index (χ0n) is 10.5. The summed E-state index contributed by atoms with van der Waals surface area (Å²) in [4.78, 5) is 11.0. The molecule has 0 spiro atoms. The van der Waals surface area contributed by atoms with Crippen LogP contribution >= 0.6 is 0 Å². The number of rotatable bonds is 4. The quantitative estimate of drug-likeness (QED) is 0.869. The third kappa shape index (κ3) is 2.37. The average Bonchev–Trinajstić information content (AvgIpc) is 2.73. The summed E-state index contributed by atoms with van der Waals surface area (Å²) in [5, 5.41) is 12.3. The van der Waals surface area contributed by atoms with Gasteiger partial charge in [-0.1, -0.05) is 6.07 Å². The van der Waals surface area contributed by atoms with Gasteiger partial charge in [-0.2, -0.15) is 0 Å². The number of nitrogens with one attached hydrogen (secondary N) is 1. The highest BCUT2D eigenvalue weighted by Crippen LogP contribution is 2.19. The fourth-order valence-corrected chi connectivity index (χ4v) is 1.92. The molecule has 0 saturated carbocycles. The van der Waals surface area contributed by atoms with Gasteiger partial charge in [0.05, 0.1) is 12.1 Å². The van der Waals surface area contributed by atoms with Crippen LogP contribution < -0.4 is 5.32 Å². The van der Waals surface area contributed by atoms with Crippen LogP contribution in [0.5, 0.6) is 0 Å². The number of carbonyl (C=O) groups is 1. The van der Waals surface area contributed by atoms with Gasteiger partial charge in [0, 0.05) is 24.6 Å². The Labute approximate surface area is 106 Å². The lowest BCUT2D eigenvalue weighted by molar-refractivity contribution is 0.0696. The average molecular weight is 244 g/mol. The summed E-state index contributed by atoms with van der Waals surface area (Å²) in [6.07, 6.45) is 1.98. The number of carboxylic acids is 1. The Balaban J connectivity index is 2.17. The monoisotopic (exact) mass is 244 g/mol. The maximum absolute atomic E-state index is 11.0. The lowest BCUT2D eigenvalue weighted by Gasteiger charge is -2.12. The van der Waals surface area contributed by atoms with Gasteiger partial charge in [0.2, 0.25) is 0 Å². The van der Waals surface area contributed by atoms with Gasteiger partial charge >= 0.3 is 5.97 Å². The molecule has 94 valence electrons. The van der Waals surface area contributed by atoms with Crippen molar-refractivity contribution >= 4 is 11.7 Å². The highest BCUT2D eigenvalue weighted by Gasteiger charge is 2.09. The van der Waals surface area contributed by atoms with E-state index < -0.39 is 5.97 Å². The minimum absolute atomic E-state index is 0.340. The molecular weight excluding hydrogens is 228 g/mol. The number of anilines is 1. The molecule has 1 heterocycles. The number of aromatic carboxylic acids is 1. The van der Waals surface area contributed by atoms with E-state index in [-0.39, 0.29) is 0 Å². The Morgan fingerprint density at radius 1 is 1.33 bits per heavy atom. The molecule has 0 fully saturated rings. The Kier molecular flexibility index (Phi) is 3.37. The number of aryl methyl sites for hydroxylation is 1. The van der Waals surface area contributed by atoms with Crippen LogP contribution in [-0.4, -0.2) is 15.6 Å². The highest BCUT2D eigenvalue weighted by atomic mass is 16.4. The standard InChI is InChI=1S/C14H16N2O2/c1-10-12(14(17)18)6-3-7-13(10)15-9-11-5-4-8-16(11)2/h3-8,15H,9H2,1-2H3,(H,17,18). The van der Waals surface area contributed by atoms with E-state index in [1.165, 1.54) is 0 Å². The summed E-state index contributed by atoms with van der Waals surface area (Å²) in [5.74, 6) is -0.894. The molecule has 18 heavy (non-hydrogen) atoms. The van der Waals surface area contributed by atoms with Gasteiger partial charge in [0.15, 0.2) is 0 Å². The molecule has 4 heteroatoms. The second-order valence-corrected chi connectivity index (χ2v) is 4.25. The SMILES string of the molecule is Cc1c(NCc2cccn2C)cccc1C(=O)O. The summed E-state index contributed by atoms with van der Waals surface area (Å²) in [6.45, 7) is 2.49. The molecule has 0 radical (unpaired) electrons. The van der Waals surface area contributed by atoms with E-state index in [4.69, 9.17) is 5.11 Å². The van der Waals surface area contributed by atoms with Crippen LogP contribution in [0.1, 0.15) is 21.6 Å². The van der Waals surface area contributed by atoms with E-state index in [2.05, 4.69) is 5.32 Å². The van der Waals surface area contributed by atoms with Crippen molar-refractivity contribution in [2.45, 2.75) is 13.5 Å². The maximum Gasteiger partial charge on any atom is 0.336 e. The lowest BCUT2D eigenvalue weighted by Crippen LogP contribution is -2.07. The topological polar surface area (TPSA) is 54.3 Å². The first-order valence-electron chi connectivity index (χ1n) is 5.76. The Morgan fingerprint density at radius 3 is 2.72 bits per heavy atom. The van der Waals surface area contributed by atoms with Crippen LogP contribution in [0, 0.1) is 6.92 Å². The number of hydrogen-bond donors (Lipinski definition) is 2. The zero-order chi connectivity index (χ0) is 13.1. The first-order chi connectivity index (χ1) is 8.59. The number of benzene rings is 1. The third-order valence-electron chi connectivity index (χ3n) is 3.08. The van der Waals surface area contributed by atoms with Crippen molar-refractivity contribution in [3.63, 3.8) is 0 Å². The van der Waals surface area contributed by atoms with Gasteiger partial charge in [-0.3, -0.25) is 0 Å². The van der Waals surface area contributed by atoms with Gasteiger partial charge in [-0.25, -0.2) is 4.79 Å². The lowest BCUT2D eigenvalue weighted by atomic mass is 10.1. The maximum atomic E-state index is 11.0. The first-order valence-corrected chi connectivity index (χ1v) is 5.76. The molecule has 1 aromatic heterocycles. The van der Waals surface area contributed by atoms with E-state index >= 15 is 0 Å². The van der Waals surface area contributed by atoms with Gasteiger partial charge < -0.3 is 15.0 Å². The van der Waals surface area contributed by atoms with Crippen LogP contribution in [0.2, 0.25) is 0 Å². The van der Waals surface area contributed by atoms with Gasteiger partial charge in [0.1, 0.15) is 0 Å². The largest absolute Gasteiger partial charge is 0.478 e. The van der Waals surface area contributed by atoms with Gasteiger partial charge in [0.25, 0.3) is 0 Å². The Hall–Kier alpha value is -2.23. The van der Waals surface area contributed by atoms with E-state index in [9.17, 15) is 4.79 Å². The van der Waals surface area contributed by atoms with Crippen molar-refractivity contribution in [3.8, 4) is 0 Å². The predicted molar refractivity (Wildman–Crippen MR) is 70.9 cm³/mol. The van der Waals surface area contributed by atoms with Gasteiger partial charge in [-0.05, 0) is 36.8 Å².